The highest BCUT2D eigenvalue weighted by molar-refractivity contribution is 9.10. The van der Waals surface area contributed by atoms with E-state index in [0.29, 0.717) is 22.2 Å². The molecule has 4 nitrogen and oxygen atoms in total. The Balaban J connectivity index is 1.92. The van der Waals surface area contributed by atoms with Crippen LogP contribution in [0.4, 0.5) is 32.0 Å². The first-order valence-electron chi connectivity index (χ1n) is 9.32. The smallest absolute Gasteiger partial charge is 0.416 e. The Hall–Kier alpha value is -2.56. The summed E-state index contributed by atoms with van der Waals surface area (Å²) in [6, 6.07) is 7.37. The van der Waals surface area contributed by atoms with E-state index in [9.17, 15) is 41.0 Å². The van der Waals surface area contributed by atoms with Gasteiger partial charge in [0.25, 0.3) is 0 Å². The number of aliphatic carboxylic acids is 1. The maximum atomic E-state index is 14.5. The third-order valence-corrected chi connectivity index (χ3v) is 5.91. The summed E-state index contributed by atoms with van der Waals surface area (Å²) >= 11 is 3.20. The van der Waals surface area contributed by atoms with Gasteiger partial charge in [0.05, 0.1) is 23.1 Å². The highest BCUT2D eigenvalue weighted by Gasteiger charge is 2.53. The van der Waals surface area contributed by atoms with Crippen molar-refractivity contribution in [1.29, 1.82) is 0 Å². The number of carbonyl (C=O) groups is 2. The van der Waals surface area contributed by atoms with Crippen LogP contribution in [0, 0.1) is 17.7 Å². The molecule has 0 aliphatic heterocycles. The quantitative estimate of drug-likeness (QED) is 0.477. The lowest BCUT2D eigenvalue weighted by Crippen LogP contribution is -2.46. The highest BCUT2D eigenvalue weighted by atomic mass is 79.9. The van der Waals surface area contributed by atoms with Crippen molar-refractivity contribution in [1.82, 2.24) is 0 Å². The third-order valence-electron chi connectivity index (χ3n) is 5.38. The van der Waals surface area contributed by atoms with Gasteiger partial charge in [0, 0.05) is 23.2 Å². The summed E-state index contributed by atoms with van der Waals surface area (Å²) < 4.78 is 81.8. The lowest BCUT2D eigenvalue weighted by molar-refractivity contribution is -0.157. The standard InChI is InChI=1S/C21H16BrF6NO3/c22-12-4-1-10(2-5-12)13-8-20(24,25)9-14(17(13)19(31)32)18(30)29-16-6-3-11(7-15(16)23)21(26,27)28/h1-7,13-14,17H,8-9H2,(H,29,30)(H,31,32)/t13-,14-,17-/m0/s1. The second-order valence-electron chi connectivity index (χ2n) is 7.57. The van der Waals surface area contributed by atoms with Crippen LogP contribution >= 0.6 is 15.9 Å². The number of rotatable bonds is 4. The minimum atomic E-state index is -4.82. The van der Waals surface area contributed by atoms with Gasteiger partial charge in [-0.05, 0) is 35.9 Å². The lowest BCUT2D eigenvalue weighted by Gasteiger charge is -2.39. The molecule has 0 spiro atoms. The number of halogens is 7. The summed E-state index contributed by atoms with van der Waals surface area (Å²) in [6.07, 6.45) is -6.71. The number of anilines is 1. The molecule has 1 amide bonds. The zero-order valence-electron chi connectivity index (χ0n) is 16.1. The normalized spacial score (nSPS) is 22.9. The molecule has 0 radical (unpaired) electrons. The molecule has 11 heteroatoms. The molecule has 0 aromatic heterocycles. The Morgan fingerprint density at radius 1 is 1.06 bits per heavy atom. The van der Waals surface area contributed by atoms with Gasteiger partial charge in [-0.1, -0.05) is 28.1 Å². The fourth-order valence-electron chi connectivity index (χ4n) is 3.91. The second-order valence-corrected chi connectivity index (χ2v) is 8.49. The first-order chi connectivity index (χ1) is 14.8. The molecule has 0 saturated heterocycles. The third kappa shape index (κ3) is 5.25. The molecule has 172 valence electrons. The predicted molar refractivity (Wildman–Crippen MR) is 106 cm³/mol. The number of carboxylic acid groups (broad SMARTS) is 1. The summed E-state index contributed by atoms with van der Waals surface area (Å²) in [6.45, 7) is 0. The van der Waals surface area contributed by atoms with E-state index in [1.807, 2.05) is 5.32 Å². The zero-order chi connectivity index (χ0) is 23.8. The van der Waals surface area contributed by atoms with E-state index in [-0.39, 0.29) is 6.07 Å². The van der Waals surface area contributed by atoms with Crippen molar-refractivity contribution in [3.8, 4) is 0 Å². The topological polar surface area (TPSA) is 66.4 Å². The molecule has 2 aromatic carbocycles. The Morgan fingerprint density at radius 3 is 2.22 bits per heavy atom. The van der Waals surface area contributed by atoms with Gasteiger partial charge in [-0.3, -0.25) is 9.59 Å². The first-order valence-corrected chi connectivity index (χ1v) is 10.1. The Kier molecular flexibility index (Phi) is 6.60. The molecule has 2 N–H and O–H groups in total. The van der Waals surface area contributed by atoms with Crippen molar-refractivity contribution < 1.29 is 41.0 Å². The summed E-state index contributed by atoms with van der Waals surface area (Å²) in [7, 11) is 0. The largest absolute Gasteiger partial charge is 0.481 e. The number of amides is 1. The minimum absolute atomic E-state index is 0.157. The van der Waals surface area contributed by atoms with Crippen molar-refractivity contribution in [2.45, 2.75) is 30.9 Å². The molecule has 0 unspecified atom stereocenters. The molecule has 32 heavy (non-hydrogen) atoms. The zero-order valence-corrected chi connectivity index (χ0v) is 17.7. The maximum Gasteiger partial charge on any atom is 0.416 e. The molecule has 3 rings (SSSR count). The minimum Gasteiger partial charge on any atom is -0.481 e. The molecule has 1 saturated carbocycles. The Bertz CT molecular complexity index is 1030. The van der Waals surface area contributed by atoms with E-state index in [0.717, 1.165) is 0 Å². The van der Waals surface area contributed by atoms with Gasteiger partial charge in [-0.25, -0.2) is 13.2 Å². The van der Waals surface area contributed by atoms with Crippen LogP contribution < -0.4 is 5.32 Å². The fourth-order valence-corrected chi connectivity index (χ4v) is 4.18. The summed E-state index contributed by atoms with van der Waals surface area (Å²) in [5.41, 5.74) is -1.67. The summed E-state index contributed by atoms with van der Waals surface area (Å²) in [4.78, 5) is 24.7. The highest BCUT2D eigenvalue weighted by Crippen LogP contribution is 2.49. The second kappa shape index (κ2) is 8.76. The van der Waals surface area contributed by atoms with Gasteiger partial charge >= 0.3 is 12.1 Å². The average molecular weight is 524 g/mol. The Morgan fingerprint density at radius 2 is 1.69 bits per heavy atom. The van der Waals surface area contributed by atoms with Crippen LogP contribution in [0.1, 0.15) is 29.9 Å². The van der Waals surface area contributed by atoms with E-state index in [2.05, 4.69) is 15.9 Å². The maximum absolute atomic E-state index is 14.5. The number of alkyl halides is 5. The summed E-state index contributed by atoms with van der Waals surface area (Å²) in [5, 5.41) is 11.7. The summed E-state index contributed by atoms with van der Waals surface area (Å²) in [5.74, 6) is -12.0. The van der Waals surface area contributed by atoms with Gasteiger partial charge in [-0.15, -0.1) is 0 Å². The van der Waals surface area contributed by atoms with Gasteiger partial charge in [-0.2, -0.15) is 13.2 Å². The molecule has 1 aliphatic rings. The SMILES string of the molecule is O=C(O)[C@@H]1[C@@H](C(=O)Nc2ccc(C(F)(F)F)cc2F)CC(F)(F)C[C@H]1c1ccc(Br)cc1. The van der Waals surface area contributed by atoms with Crippen LogP contribution in [-0.4, -0.2) is 22.9 Å². The Labute approximate surface area is 186 Å². The van der Waals surface area contributed by atoms with Crippen LogP contribution in [-0.2, 0) is 15.8 Å². The van der Waals surface area contributed by atoms with E-state index < -0.39 is 71.6 Å². The van der Waals surface area contributed by atoms with Crippen LogP contribution in [0.15, 0.2) is 46.9 Å². The van der Waals surface area contributed by atoms with Crippen LogP contribution in [0.2, 0.25) is 0 Å². The molecule has 1 aliphatic carbocycles. The fraction of sp³-hybridized carbons (Fsp3) is 0.333. The van der Waals surface area contributed by atoms with Crippen molar-refractivity contribution in [2.75, 3.05) is 5.32 Å². The van der Waals surface area contributed by atoms with Crippen molar-refractivity contribution in [3.63, 3.8) is 0 Å². The van der Waals surface area contributed by atoms with Gasteiger partial charge in [0.1, 0.15) is 5.82 Å². The lowest BCUT2D eigenvalue weighted by atomic mass is 9.67. The molecule has 0 bridgehead atoms. The number of carbonyl (C=O) groups excluding carboxylic acids is 1. The number of nitrogens with one attached hydrogen (secondary N) is 1. The van der Waals surface area contributed by atoms with Crippen molar-refractivity contribution >= 4 is 33.5 Å². The van der Waals surface area contributed by atoms with Gasteiger partial charge < -0.3 is 10.4 Å². The van der Waals surface area contributed by atoms with E-state index in [4.69, 9.17) is 0 Å². The van der Waals surface area contributed by atoms with Gasteiger partial charge in [0.2, 0.25) is 11.8 Å². The van der Waals surface area contributed by atoms with Crippen molar-refractivity contribution in [2.24, 2.45) is 11.8 Å². The molecule has 2 aromatic rings. The molecular weight excluding hydrogens is 508 g/mol. The van der Waals surface area contributed by atoms with Crippen molar-refractivity contribution in [3.05, 3.63) is 63.9 Å². The average Bonchev–Trinajstić information content (AvgIpc) is 2.67. The van der Waals surface area contributed by atoms with Crippen LogP contribution in [0.25, 0.3) is 0 Å². The van der Waals surface area contributed by atoms with E-state index in [1.54, 1.807) is 12.1 Å². The predicted octanol–water partition coefficient (Wildman–Crippen LogP) is 6.08. The first kappa shape index (κ1) is 24.1. The van der Waals surface area contributed by atoms with Crippen LogP contribution in [0.5, 0.6) is 0 Å². The number of hydrogen-bond acceptors (Lipinski definition) is 2. The monoisotopic (exact) mass is 523 g/mol. The number of benzene rings is 2. The number of hydrogen-bond donors (Lipinski definition) is 2. The molecule has 3 atom stereocenters. The van der Waals surface area contributed by atoms with Gasteiger partial charge in [0.15, 0.2) is 0 Å². The molecule has 1 fully saturated rings. The van der Waals surface area contributed by atoms with E-state index >= 15 is 0 Å². The van der Waals surface area contributed by atoms with E-state index in [1.165, 1.54) is 12.1 Å². The molecular formula is C21H16BrF6NO3. The molecule has 0 heterocycles. The number of carboxylic acids is 1. The van der Waals surface area contributed by atoms with Crippen LogP contribution in [0.3, 0.4) is 0 Å².